The molecule has 0 unspecified atom stereocenters. The molecule has 2 aromatic heterocycles. The molecule has 0 amide bonds. The van der Waals surface area contributed by atoms with Crippen LogP contribution in [0.3, 0.4) is 0 Å². The number of aromatic nitrogens is 6. The van der Waals surface area contributed by atoms with E-state index in [1.165, 1.54) is 30.3 Å². The molecule has 0 aromatic carbocycles. The standard InChI is InChI=1S/C12H19N9/c1-2-20(6-9-4-3-5-9)11-16-10(19-13)17-12(18-11)21-8-14-7-15-21/h7-9H,2-6,13H2,1H3,(H,16,17,18,19). The fourth-order valence-electron chi connectivity index (χ4n) is 2.31. The van der Waals surface area contributed by atoms with E-state index in [0.29, 0.717) is 17.8 Å². The molecule has 3 rings (SSSR count). The molecule has 0 aliphatic heterocycles. The first-order valence-corrected chi connectivity index (χ1v) is 7.12. The maximum atomic E-state index is 5.45. The van der Waals surface area contributed by atoms with Crippen LogP contribution in [0.25, 0.3) is 5.95 Å². The second-order valence-electron chi connectivity index (χ2n) is 5.08. The summed E-state index contributed by atoms with van der Waals surface area (Å²) in [6.07, 6.45) is 6.85. The average molecular weight is 289 g/mol. The largest absolute Gasteiger partial charge is 0.341 e. The van der Waals surface area contributed by atoms with Crippen LogP contribution in [0.2, 0.25) is 0 Å². The second-order valence-corrected chi connectivity index (χ2v) is 5.08. The molecular weight excluding hydrogens is 270 g/mol. The SMILES string of the molecule is CCN(CC1CCC1)c1nc(NN)nc(-n2cncn2)n1. The summed E-state index contributed by atoms with van der Waals surface area (Å²) >= 11 is 0. The zero-order chi connectivity index (χ0) is 14.7. The van der Waals surface area contributed by atoms with Crippen LogP contribution in [0.15, 0.2) is 12.7 Å². The molecule has 1 fully saturated rings. The van der Waals surface area contributed by atoms with E-state index in [4.69, 9.17) is 5.84 Å². The predicted molar refractivity (Wildman–Crippen MR) is 77.8 cm³/mol. The van der Waals surface area contributed by atoms with Gasteiger partial charge in [-0.1, -0.05) is 6.42 Å². The molecule has 1 aliphatic carbocycles. The van der Waals surface area contributed by atoms with Gasteiger partial charge in [0, 0.05) is 13.1 Å². The van der Waals surface area contributed by atoms with Crippen LogP contribution in [0, 0.1) is 5.92 Å². The number of nitrogens with zero attached hydrogens (tertiary/aromatic N) is 7. The number of hydrogen-bond donors (Lipinski definition) is 2. The molecule has 0 spiro atoms. The van der Waals surface area contributed by atoms with Crippen LogP contribution >= 0.6 is 0 Å². The van der Waals surface area contributed by atoms with Gasteiger partial charge in [-0.3, -0.25) is 5.43 Å². The summed E-state index contributed by atoms with van der Waals surface area (Å²) in [5.41, 5.74) is 2.48. The normalized spacial score (nSPS) is 14.8. The van der Waals surface area contributed by atoms with Gasteiger partial charge in [0.25, 0.3) is 5.95 Å². The third-order valence-electron chi connectivity index (χ3n) is 3.73. The Kier molecular flexibility index (Phi) is 3.91. The smallest absolute Gasteiger partial charge is 0.258 e. The number of hydrazine groups is 1. The Morgan fingerprint density at radius 3 is 2.81 bits per heavy atom. The van der Waals surface area contributed by atoms with Gasteiger partial charge in [-0.2, -0.15) is 24.7 Å². The van der Waals surface area contributed by atoms with E-state index in [0.717, 1.165) is 19.0 Å². The molecule has 112 valence electrons. The first-order valence-electron chi connectivity index (χ1n) is 7.12. The Hall–Kier alpha value is -2.29. The highest BCUT2D eigenvalue weighted by molar-refractivity contribution is 5.39. The zero-order valence-electron chi connectivity index (χ0n) is 12.0. The Bertz CT molecular complexity index is 578. The lowest BCUT2D eigenvalue weighted by Crippen LogP contribution is -2.34. The average Bonchev–Trinajstić information content (AvgIpc) is 3.00. The number of nitrogen functional groups attached to an aromatic ring is 1. The van der Waals surface area contributed by atoms with Gasteiger partial charge in [0.15, 0.2) is 0 Å². The maximum Gasteiger partial charge on any atom is 0.258 e. The van der Waals surface area contributed by atoms with Crippen LogP contribution in [0.5, 0.6) is 0 Å². The van der Waals surface area contributed by atoms with Crippen LogP contribution in [-0.2, 0) is 0 Å². The van der Waals surface area contributed by atoms with Crippen molar-refractivity contribution in [1.82, 2.24) is 29.7 Å². The van der Waals surface area contributed by atoms with E-state index in [2.05, 4.69) is 42.3 Å². The summed E-state index contributed by atoms with van der Waals surface area (Å²) in [5, 5.41) is 4.04. The maximum absolute atomic E-state index is 5.45. The highest BCUT2D eigenvalue weighted by atomic mass is 15.4. The summed E-state index contributed by atoms with van der Waals surface area (Å²) in [6.45, 7) is 3.88. The van der Waals surface area contributed by atoms with Crippen LogP contribution in [0.1, 0.15) is 26.2 Å². The molecule has 1 aliphatic rings. The van der Waals surface area contributed by atoms with Gasteiger partial charge in [-0.25, -0.2) is 10.8 Å². The second kappa shape index (κ2) is 6.00. The number of anilines is 2. The molecule has 0 saturated heterocycles. The first-order chi connectivity index (χ1) is 10.3. The minimum Gasteiger partial charge on any atom is -0.341 e. The summed E-state index contributed by atoms with van der Waals surface area (Å²) in [7, 11) is 0. The summed E-state index contributed by atoms with van der Waals surface area (Å²) in [5.74, 6) is 7.51. The van der Waals surface area contributed by atoms with E-state index in [-0.39, 0.29) is 0 Å². The van der Waals surface area contributed by atoms with Crippen molar-refractivity contribution in [3.63, 3.8) is 0 Å². The Morgan fingerprint density at radius 1 is 1.38 bits per heavy atom. The molecule has 0 radical (unpaired) electrons. The summed E-state index contributed by atoms with van der Waals surface area (Å²) in [4.78, 5) is 19.1. The molecule has 21 heavy (non-hydrogen) atoms. The fourth-order valence-corrected chi connectivity index (χ4v) is 2.31. The first kappa shape index (κ1) is 13.7. The van der Waals surface area contributed by atoms with Crippen molar-refractivity contribution in [2.24, 2.45) is 11.8 Å². The highest BCUT2D eigenvalue weighted by Gasteiger charge is 2.22. The monoisotopic (exact) mass is 289 g/mol. The van der Waals surface area contributed by atoms with Crippen molar-refractivity contribution >= 4 is 11.9 Å². The topological polar surface area (TPSA) is 111 Å². The van der Waals surface area contributed by atoms with Gasteiger partial charge < -0.3 is 4.90 Å². The Morgan fingerprint density at radius 2 is 2.24 bits per heavy atom. The van der Waals surface area contributed by atoms with Crippen molar-refractivity contribution in [2.75, 3.05) is 23.4 Å². The minimum atomic E-state index is 0.317. The zero-order valence-corrected chi connectivity index (χ0v) is 12.0. The number of nitrogens with two attached hydrogens (primary N) is 1. The van der Waals surface area contributed by atoms with Crippen LogP contribution < -0.4 is 16.2 Å². The predicted octanol–water partition coefficient (Wildman–Crippen LogP) is 0.364. The molecule has 2 aromatic rings. The minimum absolute atomic E-state index is 0.317. The lowest BCUT2D eigenvalue weighted by molar-refractivity contribution is 0.317. The van der Waals surface area contributed by atoms with Gasteiger partial charge in [0.2, 0.25) is 11.9 Å². The Labute approximate surface area is 122 Å². The number of hydrogen-bond acceptors (Lipinski definition) is 8. The fraction of sp³-hybridized carbons (Fsp3) is 0.583. The third-order valence-corrected chi connectivity index (χ3v) is 3.73. The molecule has 9 nitrogen and oxygen atoms in total. The quantitative estimate of drug-likeness (QED) is 0.579. The van der Waals surface area contributed by atoms with Gasteiger partial charge in [-0.15, -0.1) is 0 Å². The number of nitrogens with one attached hydrogen (secondary N) is 1. The molecule has 9 heteroatoms. The van der Waals surface area contributed by atoms with Crippen molar-refractivity contribution in [1.29, 1.82) is 0 Å². The van der Waals surface area contributed by atoms with Gasteiger partial charge in [-0.05, 0) is 25.7 Å². The van der Waals surface area contributed by atoms with Gasteiger partial charge in [0.05, 0.1) is 0 Å². The van der Waals surface area contributed by atoms with E-state index >= 15 is 0 Å². The van der Waals surface area contributed by atoms with Crippen molar-refractivity contribution in [2.45, 2.75) is 26.2 Å². The lowest BCUT2D eigenvalue weighted by Gasteiger charge is -2.31. The van der Waals surface area contributed by atoms with Crippen LogP contribution in [0.4, 0.5) is 11.9 Å². The molecular formula is C12H19N9. The molecule has 2 heterocycles. The van der Waals surface area contributed by atoms with Crippen LogP contribution in [-0.4, -0.2) is 42.8 Å². The molecule has 0 bridgehead atoms. The van der Waals surface area contributed by atoms with E-state index < -0.39 is 0 Å². The molecule has 1 saturated carbocycles. The van der Waals surface area contributed by atoms with E-state index in [9.17, 15) is 0 Å². The lowest BCUT2D eigenvalue weighted by atomic mass is 9.85. The Balaban J connectivity index is 1.90. The van der Waals surface area contributed by atoms with Crippen molar-refractivity contribution in [3.8, 4) is 5.95 Å². The molecule has 0 atom stereocenters. The highest BCUT2D eigenvalue weighted by Crippen LogP contribution is 2.28. The molecule has 3 N–H and O–H groups in total. The van der Waals surface area contributed by atoms with Crippen molar-refractivity contribution in [3.05, 3.63) is 12.7 Å². The third kappa shape index (κ3) is 2.92. The summed E-state index contributed by atoms with van der Waals surface area (Å²) in [6, 6.07) is 0. The van der Waals surface area contributed by atoms with Crippen molar-refractivity contribution < 1.29 is 0 Å². The van der Waals surface area contributed by atoms with Gasteiger partial charge >= 0.3 is 0 Å². The van der Waals surface area contributed by atoms with E-state index in [1.807, 2.05) is 0 Å². The number of rotatable bonds is 6. The summed E-state index contributed by atoms with van der Waals surface area (Å²) < 4.78 is 1.49. The van der Waals surface area contributed by atoms with Gasteiger partial charge in [0.1, 0.15) is 12.7 Å². The van der Waals surface area contributed by atoms with E-state index in [1.54, 1.807) is 6.33 Å².